The molecule has 0 amide bonds. The van der Waals surface area contributed by atoms with E-state index in [1.165, 1.54) is 19.3 Å². The van der Waals surface area contributed by atoms with Gasteiger partial charge in [-0.2, -0.15) is 5.26 Å². The van der Waals surface area contributed by atoms with Crippen LogP contribution in [0, 0.1) is 11.3 Å². The second-order valence-electron chi connectivity index (χ2n) is 6.54. The van der Waals surface area contributed by atoms with E-state index >= 15 is 0 Å². The number of ether oxygens (including phenoxy) is 2. The van der Waals surface area contributed by atoms with Crippen LogP contribution in [0.25, 0.3) is 0 Å². The maximum Gasteiger partial charge on any atom is 0.184 e. The summed E-state index contributed by atoms with van der Waals surface area (Å²) in [6, 6.07) is 18.4. The Morgan fingerprint density at radius 3 is 2.46 bits per heavy atom. The molecule has 0 aliphatic carbocycles. The molecule has 1 aliphatic heterocycles. The zero-order valence-electron chi connectivity index (χ0n) is 15.4. The van der Waals surface area contributed by atoms with Crippen molar-refractivity contribution < 1.29 is 9.47 Å². The molecule has 0 atom stereocenters. The Morgan fingerprint density at radius 2 is 1.73 bits per heavy atom. The van der Waals surface area contributed by atoms with E-state index < -0.39 is 0 Å². The molecule has 0 bridgehead atoms. The number of rotatable bonds is 8. The summed E-state index contributed by atoms with van der Waals surface area (Å²) in [5.41, 5.74) is 3.87. The van der Waals surface area contributed by atoms with Gasteiger partial charge in [0.1, 0.15) is 0 Å². The number of benzene rings is 2. The fourth-order valence-corrected chi connectivity index (χ4v) is 3.24. The van der Waals surface area contributed by atoms with Crippen LogP contribution in [0.4, 0.5) is 11.4 Å². The Hall–Kier alpha value is -2.35. The summed E-state index contributed by atoms with van der Waals surface area (Å²) in [5, 5.41) is 9.25. The molecule has 3 rings (SSSR count). The van der Waals surface area contributed by atoms with Crippen LogP contribution >= 0.6 is 0 Å². The summed E-state index contributed by atoms with van der Waals surface area (Å²) in [6.45, 7) is 4.42. The topological polar surface area (TPSA) is 45.5 Å². The van der Waals surface area contributed by atoms with Crippen LogP contribution in [0.2, 0.25) is 0 Å². The van der Waals surface area contributed by atoms with E-state index in [1.54, 1.807) is 0 Å². The summed E-state index contributed by atoms with van der Waals surface area (Å²) in [4.78, 5) is 2.29. The largest absolute Gasteiger partial charge is 0.346 e. The highest BCUT2D eigenvalue weighted by molar-refractivity contribution is 5.65. The molecule has 4 heteroatoms. The van der Waals surface area contributed by atoms with Gasteiger partial charge >= 0.3 is 0 Å². The fourth-order valence-electron chi connectivity index (χ4n) is 3.24. The van der Waals surface area contributed by atoms with Gasteiger partial charge in [0.2, 0.25) is 0 Å². The van der Waals surface area contributed by atoms with Gasteiger partial charge in [0.15, 0.2) is 6.29 Å². The molecular formula is C22H26N2O2. The number of hydrogen-bond acceptors (Lipinski definition) is 4. The van der Waals surface area contributed by atoms with E-state index in [-0.39, 0.29) is 6.29 Å². The Balaban J connectivity index is 1.86. The third-order valence-electron chi connectivity index (χ3n) is 4.60. The summed E-state index contributed by atoms with van der Waals surface area (Å²) in [5.74, 6) is 0. The number of unbranched alkanes of at least 4 members (excludes halogenated alkanes) is 3. The molecule has 1 fully saturated rings. The summed E-state index contributed by atoms with van der Waals surface area (Å²) in [6.07, 6.45) is 4.51. The van der Waals surface area contributed by atoms with Crippen molar-refractivity contribution in [3.63, 3.8) is 0 Å². The van der Waals surface area contributed by atoms with Gasteiger partial charge in [-0.15, -0.1) is 0 Å². The first kappa shape index (κ1) is 18.4. The van der Waals surface area contributed by atoms with Crippen LogP contribution in [0.15, 0.2) is 48.5 Å². The quantitative estimate of drug-likeness (QED) is 0.604. The highest BCUT2D eigenvalue weighted by Crippen LogP contribution is 2.31. The van der Waals surface area contributed by atoms with Crippen molar-refractivity contribution in [1.29, 1.82) is 5.26 Å². The zero-order chi connectivity index (χ0) is 18.2. The molecule has 0 saturated carbocycles. The standard InChI is InChI=1S/C22H26N2O2/c1-2-3-4-5-12-24(20-10-6-8-18(15-20)17-23)21-11-7-9-19(16-21)22-25-13-14-26-22/h6-11,15-16,22H,2-5,12-14H2,1H3. The van der Waals surface area contributed by atoms with Crippen molar-refractivity contribution in [2.75, 3.05) is 24.7 Å². The van der Waals surface area contributed by atoms with Crippen LogP contribution in [0.5, 0.6) is 0 Å². The first-order chi connectivity index (χ1) is 12.8. The second-order valence-corrected chi connectivity index (χ2v) is 6.54. The lowest BCUT2D eigenvalue weighted by molar-refractivity contribution is -0.0440. The van der Waals surface area contributed by atoms with Gasteiger partial charge in [-0.25, -0.2) is 0 Å². The lowest BCUT2D eigenvalue weighted by atomic mass is 10.1. The molecule has 0 N–H and O–H groups in total. The average Bonchev–Trinajstić information content (AvgIpc) is 3.23. The molecule has 136 valence electrons. The number of anilines is 2. The SMILES string of the molecule is CCCCCCN(c1cccc(C#N)c1)c1cccc(C2OCCO2)c1. The van der Waals surface area contributed by atoms with Crippen LogP contribution < -0.4 is 4.90 Å². The van der Waals surface area contributed by atoms with E-state index in [4.69, 9.17) is 9.47 Å². The van der Waals surface area contributed by atoms with Gasteiger partial charge in [-0.05, 0) is 36.8 Å². The fraction of sp³-hybridized carbons (Fsp3) is 0.409. The summed E-state index contributed by atoms with van der Waals surface area (Å²) < 4.78 is 11.3. The number of nitrogens with zero attached hydrogens (tertiary/aromatic N) is 2. The van der Waals surface area contributed by atoms with Crippen molar-refractivity contribution in [2.24, 2.45) is 0 Å². The monoisotopic (exact) mass is 350 g/mol. The lowest BCUT2D eigenvalue weighted by Gasteiger charge is -2.26. The molecule has 0 radical (unpaired) electrons. The Morgan fingerprint density at radius 1 is 1.00 bits per heavy atom. The van der Waals surface area contributed by atoms with Crippen molar-refractivity contribution in [3.05, 3.63) is 59.7 Å². The Labute approximate surface area is 156 Å². The van der Waals surface area contributed by atoms with E-state index in [9.17, 15) is 5.26 Å². The van der Waals surface area contributed by atoms with Gasteiger partial charge < -0.3 is 14.4 Å². The minimum absolute atomic E-state index is 0.276. The van der Waals surface area contributed by atoms with E-state index in [0.717, 1.165) is 29.9 Å². The van der Waals surface area contributed by atoms with Crippen LogP contribution in [-0.2, 0) is 9.47 Å². The number of nitriles is 1. The molecule has 2 aromatic rings. The molecule has 0 spiro atoms. The van der Waals surface area contributed by atoms with Crippen molar-refractivity contribution in [2.45, 2.75) is 38.9 Å². The average molecular weight is 350 g/mol. The normalized spacial score (nSPS) is 14.3. The minimum atomic E-state index is -0.276. The first-order valence-corrected chi connectivity index (χ1v) is 9.42. The molecule has 1 heterocycles. The molecule has 1 saturated heterocycles. The Bertz CT molecular complexity index is 748. The second kappa shape index (κ2) is 9.38. The van der Waals surface area contributed by atoms with Crippen LogP contribution in [-0.4, -0.2) is 19.8 Å². The zero-order valence-corrected chi connectivity index (χ0v) is 15.4. The Kier molecular flexibility index (Phi) is 6.65. The highest BCUT2D eigenvalue weighted by atomic mass is 16.7. The summed E-state index contributed by atoms with van der Waals surface area (Å²) in [7, 11) is 0. The highest BCUT2D eigenvalue weighted by Gasteiger charge is 2.19. The van der Waals surface area contributed by atoms with Crippen LogP contribution in [0.3, 0.4) is 0 Å². The molecular weight excluding hydrogens is 324 g/mol. The van der Waals surface area contributed by atoms with Gasteiger partial charge in [0.25, 0.3) is 0 Å². The predicted octanol–water partition coefficient (Wildman–Crippen LogP) is 5.32. The van der Waals surface area contributed by atoms with E-state index in [1.807, 2.05) is 30.3 Å². The number of hydrogen-bond donors (Lipinski definition) is 0. The van der Waals surface area contributed by atoms with Crippen LogP contribution in [0.1, 0.15) is 50.0 Å². The van der Waals surface area contributed by atoms with Gasteiger partial charge in [0, 0.05) is 23.5 Å². The van der Waals surface area contributed by atoms with E-state index in [2.05, 4.69) is 36.1 Å². The first-order valence-electron chi connectivity index (χ1n) is 9.42. The minimum Gasteiger partial charge on any atom is -0.346 e. The van der Waals surface area contributed by atoms with Gasteiger partial charge in [0.05, 0.1) is 24.8 Å². The molecule has 1 aliphatic rings. The molecule has 4 nitrogen and oxygen atoms in total. The molecule has 2 aromatic carbocycles. The maximum absolute atomic E-state index is 9.25. The lowest BCUT2D eigenvalue weighted by Crippen LogP contribution is -2.19. The molecule has 0 unspecified atom stereocenters. The molecule has 26 heavy (non-hydrogen) atoms. The van der Waals surface area contributed by atoms with Crippen molar-refractivity contribution in [1.82, 2.24) is 0 Å². The maximum atomic E-state index is 9.25. The van der Waals surface area contributed by atoms with Gasteiger partial charge in [-0.3, -0.25) is 0 Å². The van der Waals surface area contributed by atoms with Gasteiger partial charge in [-0.1, -0.05) is 44.4 Å². The summed E-state index contributed by atoms with van der Waals surface area (Å²) >= 11 is 0. The van der Waals surface area contributed by atoms with Crippen molar-refractivity contribution >= 4 is 11.4 Å². The molecule has 0 aromatic heterocycles. The van der Waals surface area contributed by atoms with E-state index in [0.29, 0.717) is 18.8 Å². The predicted molar refractivity (Wildman–Crippen MR) is 103 cm³/mol. The third-order valence-corrected chi connectivity index (χ3v) is 4.60. The third kappa shape index (κ3) is 4.63. The smallest absolute Gasteiger partial charge is 0.184 e. The van der Waals surface area contributed by atoms with Crippen molar-refractivity contribution in [3.8, 4) is 6.07 Å².